The summed E-state index contributed by atoms with van der Waals surface area (Å²) in [7, 11) is 0. The van der Waals surface area contributed by atoms with Gasteiger partial charge in [-0.1, -0.05) is 51.0 Å². The lowest BCUT2D eigenvalue weighted by atomic mass is 10.0. The second-order valence-electron chi connectivity index (χ2n) is 4.61. The number of carboxylic acid groups (broad SMARTS) is 1. The number of allylic oxidation sites excluding steroid dienone is 4. The fraction of sp³-hybridized carbons (Fsp3) is 0.667. The van der Waals surface area contributed by atoms with Gasteiger partial charge in [-0.05, 0) is 31.6 Å². The van der Waals surface area contributed by atoms with Crippen LogP contribution in [0.25, 0.3) is 0 Å². The van der Waals surface area contributed by atoms with Crippen LogP contribution in [0.4, 0.5) is 0 Å². The van der Waals surface area contributed by atoms with Crippen molar-refractivity contribution in [1.29, 1.82) is 0 Å². The lowest BCUT2D eigenvalue weighted by Gasteiger charge is -2.02. The Morgan fingerprint density at radius 2 is 1.88 bits per heavy atom. The van der Waals surface area contributed by atoms with E-state index < -0.39 is 5.97 Å². The zero-order chi connectivity index (χ0) is 12.9. The molecule has 0 heterocycles. The molecule has 0 aliphatic carbocycles. The van der Waals surface area contributed by atoms with Crippen LogP contribution in [-0.2, 0) is 4.79 Å². The van der Waals surface area contributed by atoms with Gasteiger partial charge in [-0.2, -0.15) is 0 Å². The summed E-state index contributed by atoms with van der Waals surface area (Å²) in [5.74, 6) is -0.473. The zero-order valence-electron chi connectivity index (χ0n) is 11.2. The summed E-state index contributed by atoms with van der Waals surface area (Å²) in [4.78, 5) is 10.4. The summed E-state index contributed by atoms with van der Waals surface area (Å²) in [6.45, 7) is 4.18. The van der Waals surface area contributed by atoms with Crippen LogP contribution in [0, 0.1) is 5.92 Å². The number of hydrogen-bond donors (Lipinski definition) is 1. The number of carboxylic acids is 1. The highest BCUT2D eigenvalue weighted by Crippen LogP contribution is 2.08. The smallest absolute Gasteiger partial charge is 0.303 e. The fourth-order valence-corrected chi connectivity index (χ4v) is 1.61. The van der Waals surface area contributed by atoms with E-state index in [0.717, 1.165) is 12.8 Å². The second-order valence-corrected chi connectivity index (χ2v) is 4.61. The molecule has 98 valence electrons. The van der Waals surface area contributed by atoms with Crippen LogP contribution in [0.5, 0.6) is 0 Å². The topological polar surface area (TPSA) is 37.3 Å². The number of rotatable bonds is 10. The van der Waals surface area contributed by atoms with E-state index in [1.54, 1.807) is 0 Å². The predicted molar refractivity (Wildman–Crippen MR) is 73.1 cm³/mol. The number of aliphatic carboxylic acids is 1. The molecular weight excluding hydrogens is 212 g/mol. The van der Waals surface area contributed by atoms with E-state index in [1.165, 1.54) is 25.7 Å². The highest BCUT2D eigenvalue weighted by molar-refractivity contribution is 5.66. The van der Waals surface area contributed by atoms with Gasteiger partial charge in [-0.25, -0.2) is 0 Å². The minimum atomic E-state index is -0.707. The summed E-state index contributed by atoms with van der Waals surface area (Å²) >= 11 is 0. The molecule has 0 rings (SSSR count). The maximum Gasteiger partial charge on any atom is 0.303 e. The van der Waals surface area contributed by atoms with Crippen molar-refractivity contribution in [2.24, 2.45) is 5.92 Å². The zero-order valence-corrected chi connectivity index (χ0v) is 11.2. The Balaban J connectivity index is 3.44. The minimum Gasteiger partial charge on any atom is -0.481 e. The molecule has 2 heteroatoms. The summed E-state index contributed by atoms with van der Waals surface area (Å²) in [6, 6.07) is 0. The quantitative estimate of drug-likeness (QED) is 0.447. The van der Waals surface area contributed by atoms with Crippen LogP contribution < -0.4 is 0 Å². The van der Waals surface area contributed by atoms with E-state index in [2.05, 4.69) is 31.2 Å². The predicted octanol–water partition coefficient (Wildman–Crippen LogP) is 4.57. The van der Waals surface area contributed by atoms with E-state index in [1.807, 2.05) is 6.92 Å². The average Bonchev–Trinajstić information content (AvgIpc) is 2.26. The Kier molecular flexibility index (Phi) is 10.7. The van der Waals surface area contributed by atoms with Crippen LogP contribution in [0.2, 0.25) is 0 Å². The molecule has 0 spiro atoms. The second kappa shape index (κ2) is 11.4. The molecule has 1 N–H and O–H groups in total. The Bertz CT molecular complexity index is 241. The van der Waals surface area contributed by atoms with E-state index in [-0.39, 0.29) is 12.3 Å². The molecule has 0 aromatic carbocycles. The van der Waals surface area contributed by atoms with E-state index in [4.69, 9.17) is 5.11 Å². The molecule has 0 saturated heterocycles. The van der Waals surface area contributed by atoms with Crippen LogP contribution in [0.3, 0.4) is 0 Å². The normalized spacial score (nSPS) is 13.5. The van der Waals surface area contributed by atoms with Crippen molar-refractivity contribution in [3.05, 3.63) is 24.3 Å². The largest absolute Gasteiger partial charge is 0.481 e. The Morgan fingerprint density at radius 3 is 2.53 bits per heavy atom. The van der Waals surface area contributed by atoms with Gasteiger partial charge in [0.15, 0.2) is 0 Å². The summed E-state index contributed by atoms with van der Waals surface area (Å²) in [5.41, 5.74) is 0. The van der Waals surface area contributed by atoms with E-state index in [9.17, 15) is 4.79 Å². The van der Waals surface area contributed by atoms with Crippen molar-refractivity contribution in [2.75, 3.05) is 0 Å². The molecule has 0 bridgehead atoms. The molecule has 0 aliphatic heterocycles. The summed E-state index contributed by atoms with van der Waals surface area (Å²) < 4.78 is 0. The molecule has 1 atom stereocenters. The third-order valence-corrected chi connectivity index (χ3v) is 2.64. The first-order chi connectivity index (χ1) is 8.16. The molecule has 17 heavy (non-hydrogen) atoms. The third-order valence-electron chi connectivity index (χ3n) is 2.64. The first kappa shape index (κ1) is 16.0. The van der Waals surface area contributed by atoms with Gasteiger partial charge in [-0.3, -0.25) is 4.79 Å². The first-order valence-electron chi connectivity index (χ1n) is 6.68. The molecule has 0 aromatic rings. The Labute approximate surface area is 105 Å². The monoisotopic (exact) mass is 238 g/mol. The van der Waals surface area contributed by atoms with Crippen molar-refractivity contribution >= 4 is 5.97 Å². The van der Waals surface area contributed by atoms with Crippen molar-refractivity contribution < 1.29 is 9.90 Å². The molecule has 0 fully saturated rings. The number of unbranched alkanes of at least 4 members (excludes halogenated alkanes) is 3. The number of hydrogen-bond acceptors (Lipinski definition) is 1. The van der Waals surface area contributed by atoms with Gasteiger partial charge in [0.2, 0.25) is 0 Å². The van der Waals surface area contributed by atoms with Crippen molar-refractivity contribution in [3.8, 4) is 0 Å². The van der Waals surface area contributed by atoms with Gasteiger partial charge >= 0.3 is 5.97 Å². The maximum absolute atomic E-state index is 10.4. The minimum absolute atomic E-state index is 0.234. The van der Waals surface area contributed by atoms with Gasteiger partial charge in [0.1, 0.15) is 0 Å². The Hall–Kier alpha value is -1.05. The molecule has 0 saturated carbocycles. The molecule has 0 amide bonds. The van der Waals surface area contributed by atoms with Crippen molar-refractivity contribution in [1.82, 2.24) is 0 Å². The number of carbonyl (C=O) groups is 1. The van der Waals surface area contributed by atoms with Crippen LogP contribution in [0.1, 0.15) is 58.8 Å². The third kappa shape index (κ3) is 12.9. The van der Waals surface area contributed by atoms with E-state index >= 15 is 0 Å². The summed E-state index contributed by atoms with van der Waals surface area (Å²) in [6.07, 6.45) is 15.8. The van der Waals surface area contributed by atoms with Gasteiger partial charge < -0.3 is 5.11 Å². The lowest BCUT2D eigenvalue weighted by molar-refractivity contribution is -0.137. The van der Waals surface area contributed by atoms with Crippen molar-refractivity contribution in [3.63, 3.8) is 0 Å². The highest BCUT2D eigenvalue weighted by Gasteiger charge is 2.04. The molecule has 0 aliphatic rings. The van der Waals surface area contributed by atoms with Crippen LogP contribution >= 0.6 is 0 Å². The Morgan fingerprint density at radius 1 is 1.18 bits per heavy atom. The lowest BCUT2D eigenvalue weighted by Crippen LogP contribution is -2.02. The standard InChI is InChI=1S/C15H26O2/c1-3-4-5-6-7-8-9-10-11-12-14(2)13-15(16)17/h7-8,10-11,14H,3-6,9,12-13H2,1-2H3,(H,16,17)/t14-/m0/s1. The van der Waals surface area contributed by atoms with E-state index in [0.29, 0.717) is 0 Å². The summed E-state index contributed by atoms with van der Waals surface area (Å²) in [5, 5.41) is 8.59. The molecule has 2 nitrogen and oxygen atoms in total. The maximum atomic E-state index is 10.4. The van der Waals surface area contributed by atoms with Gasteiger partial charge in [0, 0.05) is 6.42 Å². The van der Waals surface area contributed by atoms with Crippen LogP contribution in [-0.4, -0.2) is 11.1 Å². The van der Waals surface area contributed by atoms with Crippen LogP contribution in [0.15, 0.2) is 24.3 Å². The molecule has 0 aromatic heterocycles. The fourth-order valence-electron chi connectivity index (χ4n) is 1.61. The molecule has 0 radical (unpaired) electrons. The van der Waals surface area contributed by atoms with Gasteiger partial charge in [0.25, 0.3) is 0 Å². The molecular formula is C15H26O2. The molecule has 0 unspecified atom stereocenters. The van der Waals surface area contributed by atoms with Gasteiger partial charge in [0.05, 0.1) is 0 Å². The van der Waals surface area contributed by atoms with Crippen molar-refractivity contribution in [2.45, 2.75) is 58.8 Å². The average molecular weight is 238 g/mol. The first-order valence-corrected chi connectivity index (χ1v) is 6.68. The highest BCUT2D eigenvalue weighted by atomic mass is 16.4. The van der Waals surface area contributed by atoms with Gasteiger partial charge in [-0.15, -0.1) is 0 Å². The SMILES string of the molecule is CCCCCC=CCC=CC[C@H](C)CC(=O)O.